The highest BCUT2D eigenvalue weighted by atomic mass is 16.4. The summed E-state index contributed by atoms with van der Waals surface area (Å²) in [5, 5.41) is 11.6. The monoisotopic (exact) mass is 247 g/mol. The minimum atomic E-state index is -0.871. The van der Waals surface area contributed by atoms with Crippen molar-refractivity contribution in [2.45, 2.75) is 26.3 Å². The zero-order valence-corrected chi connectivity index (χ0v) is 10.3. The van der Waals surface area contributed by atoms with E-state index in [9.17, 15) is 9.59 Å². The lowest BCUT2D eigenvalue weighted by Gasteiger charge is -2.08. The van der Waals surface area contributed by atoms with Crippen LogP contribution in [0.5, 0.6) is 0 Å². The smallest absolute Gasteiger partial charge is 0.307 e. The first-order valence-electron chi connectivity index (χ1n) is 6.20. The molecule has 0 saturated heterocycles. The minimum absolute atomic E-state index is 0.145. The lowest BCUT2D eigenvalue weighted by Crippen LogP contribution is -2.26. The van der Waals surface area contributed by atoms with E-state index in [2.05, 4.69) is 12.2 Å². The van der Waals surface area contributed by atoms with E-state index in [0.717, 1.165) is 12.0 Å². The van der Waals surface area contributed by atoms with Crippen LogP contribution < -0.4 is 5.32 Å². The topological polar surface area (TPSA) is 66.4 Å². The van der Waals surface area contributed by atoms with Crippen molar-refractivity contribution in [3.8, 4) is 0 Å². The van der Waals surface area contributed by atoms with E-state index in [4.69, 9.17) is 5.11 Å². The second-order valence-corrected chi connectivity index (χ2v) is 4.63. The number of nitrogens with one attached hydrogen (secondary N) is 1. The van der Waals surface area contributed by atoms with Gasteiger partial charge in [-0.2, -0.15) is 0 Å². The fourth-order valence-corrected chi connectivity index (χ4v) is 2.15. The SMILES string of the molecule is CCc1ccccc1CNC(=O)[C@@H]1C[C@@H]1C(=O)O. The Kier molecular flexibility index (Phi) is 3.65. The molecule has 1 aliphatic rings. The third-order valence-corrected chi connectivity index (χ3v) is 3.40. The summed E-state index contributed by atoms with van der Waals surface area (Å²) in [6, 6.07) is 7.95. The van der Waals surface area contributed by atoms with Crippen LogP contribution in [-0.2, 0) is 22.6 Å². The molecule has 1 amide bonds. The first-order valence-corrected chi connectivity index (χ1v) is 6.20. The molecule has 0 aromatic heterocycles. The van der Waals surface area contributed by atoms with Crippen molar-refractivity contribution in [2.24, 2.45) is 11.8 Å². The van der Waals surface area contributed by atoms with E-state index in [1.807, 2.05) is 24.3 Å². The van der Waals surface area contributed by atoms with E-state index in [-0.39, 0.29) is 11.8 Å². The zero-order chi connectivity index (χ0) is 13.1. The molecule has 0 aliphatic heterocycles. The van der Waals surface area contributed by atoms with Gasteiger partial charge in [0.15, 0.2) is 0 Å². The largest absolute Gasteiger partial charge is 0.481 e. The Morgan fingerprint density at radius 2 is 1.94 bits per heavy atom. The van der Waals surface area contributed by atoms with Gasteiger partial charge in [0.05, 0.1) is 11.8 Å². The number of carboxylic acids is 1. The molecular weight excluding hydrogens is 230 g/mol. The van der Waals surface area contributed by atoms with Crippen LogP contribution in [0.2, 0.25) is 0 Å². The number of aryl methyl sites for hydroxylation is 1. The Labute approximate surface area is 106 Å². The molecule has 0 unspecified atom stereocenters. The number of carbonyl (C=O) groups is 2. The molecule has 18 heavy (non-hydrogen) atoms. The molecule has 1 aliphatic carbocycles. The second-order valence-electron chi connectivity index (χ2n) is 4.63. The average molecular weight is 247 g/mol. The van der Waals surface area contributed by atoms with Gasteiger partial charge in [-0.25, -0.2) is 0 Å². The quantitative estimate of drug-likeness (QED) is 0.830. The third kappa shape index (κ3) is 2.70. The third-order valence-electron chi connectivity index (χ3n) is 3.40. The van der Waals surface area contributed by atoms with Crippen LogP contribution in [0.25, 0.3) is 0 Å². The van der Waals surface area contributed by atoms with Crippen molar-refractivity contribution >= 4 is 11.9 Å². The van der Waals surface area contributed by atoms with Crippen molar-refractivity contribution in [2.75, 3.05) is 0 Å². The average Bonchev–Trinajstić information content (AvgIpc) is 3.16. The van der Waals surface area contributed by atoms with E-state index < -0.39 is 11.9 Å². The van der Waals surface area contributed by atoms with Gasteiger partial charge >= 0.3 is 5.97 Å². The molecule has 0 radical (unpaired) electrons. The maximum Gasteiger partial charge on any atom is 0.307 e. The van der Waals surface area contributed by atoms with Gasteiger partial charge in [0.25, 0.3) is 0 Å². The Morgan fingerprint density at radius 1 is 1.28 bits per heavy atom. The van der Waals surface area contributed by atoms with Crippen molar-refractivity contribution in [1.82, 2.24) is 5.32 Å². The number of amides is 1. The standard InChI is InChI=1S/C14H17NO3/c1-2-9-5-3-4-6-10(9)8-15-13(16)11-7-12(11)14(17)18/h3-6,11-12H,2,7-8H2,1H3,(H,15,16)(H,17,18)/t11-,12+/m1/s1. The summed E-state index contributed by atoms with van der Waals surface area (Å²) in [4.78, 5) is 22.4. The number of hydrogen-bond acceptors (Lipinski definition) is 2. The summed E-state index contributed by atoms with van der Waals surface area (Å²) in [5.74, 6) is -1.83. The van der Waals surface area contributed by atoms with Crippen LogP contribution in [0.4, 0.5) is 0 Å². The number of benzene rings is 1. The summed E-state index contributed by atoms with van der Waals surface area (Å²) < 4.78 is 0. The van der Waals surface area contributed by atoms with Crippen molar-refractivity contribution in [1.29, 1.82) is 0 Å². The van der Waals surface area contributed by atoms with Gasteiger partial charge in [-0.3, -0.25) is 9.59 Å². The van der Waals surface area contributed by atoms with Crippen molar-refractivity contribution < 1.29 is 14.7 Å². The second kappa shape index (κ2) is 5.21. The highest BCUT2D eigenvalue weighted by Gasteiger charge is 2.48. The molecule has 0 bridgehead atoms. The van der Waals surface area contributed by atoms with Crippen LogP contribution in [0, 0.1) is 11.8 Å². The van der Waals surface area contributed by atoms with Crippen molar-refractivity contribution in [3.63, 3.8) is 0 Å². The van der Waals surface area contributed by atoms with Crippen molar-refractivity contribution in [3.05, 3.63) is 35.4 Å². The molecule has 2 N–H and O–H groups in total. The lowest BCUT2D eigenvalue weighted by atomic mass is 10.1. The number of rotatable bonds is 5. The highest BCUT2D eigenvalue weighted by Crippen LogP contribution is 2.38. The summed E-state index contributed by atoms with van der Waals surface area (Å²) >= 11 is 0. The van der Waals surface area contributed by atoms with E-state index in [1.165, 1.54) is 5.56 Å². The fraction of sp³-hybridized carbons (Fsp3) is 0.429. The molecular formula is C14H17NO3. The summed E-state index contributed by atoms with van der Waals surface area (Å²) in [7, 11) is 0. The predicted molar refractivity (Wildman–Crippen MR) is 66.9 cm³/mol. The number of aliphatic carboxylic acids is 1. The van der Waals surface area contributed by atoms with E-state index >= 15 is 0 Å². The van der Waals surface area contributed by atoms with E-state index in [1.54, 1.807) is 0 Å². The van der Waals surface area contributed by atoms with Crippen LogP contribution in [-0.4, -0.2) is 17.0 Å². The summed E-state index contributed by atoms with van der Waals surface area (Å²) in [5.41, 5.74) is 2.31. The summed E-state index contributed by atoms with van der Waals surface area (Å²) in [6.45, 7) is 2.55. The molecule has 1 saturated carbocycles. The zero-order valence-electron chi connectivity index (χ0n) is 10.3. The Balaban J connectivity index is 1.89. The highest BCUT2D eigenvalue weighted by molar-refractivity contribution is 5.89. The van der Waals surface area contributed by atoms with Crippen LogP contribution >= 0.6 is 0 Å². The maximum absolute atomic E-state index is 11.7. The normalized spacial score (nSPS) is 21.4. The molecule has 0 spiro atoms. The molecule has 1 fully saturated rings. The first kappa shape index (κ1) is 12.6. The number of carboxylic acid groups (broad SMARTS) is 1. The Bertz CT molecular complexity index is 470. The molecule has 0 heterocycles. The molecule has 4 nitrogen and oxygen atoms in total. The van der Waals surface area contributed by atoms with Gasteiger partial charge in [-0.05, 0) is 24.0 Å². The maximum atomic E-state index is 11.7. The Hall–Kier alpha value is -1.84. The van der Waals surface area contributed by atoms with Gasteiger partial charge < -0.3 is 10.4 Å². The molecule has 2 atom stereocenters. The number of hydrogen-bond donors (Lipinski definition) is 2. The van der Waals surface area contributed by atoms with Gasteiger partial charge in [0.1, 0.15) is 0 Å². The van der Waals surface area contributed by atoms with Crippen LogP contribution in [0.15, 0.2) is 24.3 Å². The molecule has 96 valence electrons. The molecule has 1 aromatic rings. The fourth-order valence-electron chi connectivity index (χ4n) is 2.15. The molecule has 4 heteroatoms. The number of carbonyl (C=O) groups excluding carboxylic acids is 1. The lowest BCUT2D eigenvalue weighted by molar-refractivity contribution is -0.140. The van der Waals surface area contributed by atoms with Gasteiger partial charge in [0, 0.05) is 6.54 Å². The molecule has 2 rings (SSSR count). The van der Waals surface area contributed by atoms with Gasteiger partial charge in [-0.15, -0.1) is 0 Å². The van der Waals surface area contributed by atoms with E-state index in [0.29, 0.717) is 13.0 Å². The van der Waals surface area contributed by atoms with Gasteiger partial charge in [0.2, 0.25) is 5.91 Å². The van der Waals surface area contributed by atoms with Crippen LogP contribution in [0.3, 0.4) is 0 Å². The minimum Gasteiger partial charge on any atom is -0.481 e. The van der Waals surface area contributed by atoms with Gasteiger partial charge in [-0.1, -0.05) is 31.2 Å². The summed E-state index contributed by atoms with van der Waals surface area (Å²) in [6.07, 6.45) is 1.39. The Morgan fingerprint density at radius 3 is 2.50 bits per heavy atom. The predicted octanol–water partition coefficient (Wildman–Crippen LogP) is 1.59. The molecule has 1 aromatic carbocycles. The first-order chi connectivity index (χ1) is 8.63. The van der Waals surface area contributed by atoms with Crippen LogP contribution in [0.1, 0.15) is 24.5 Å².